The number of hydrogen-bond donors (Lipinski definition) is 2. The molecular weight excluding hydrogens is 246 g/mol. The van der Waals surface area contributed by atoms with Crippen molar-refractivity contribution in [3.8, 4) is 0 Å². The molecule has 0 radical (unpaired) electrons. The molecule has 1 aliphatic carbocycles. The van der Waals surface area contributed by atoms with Gasteiger partial charge in [-0.15, -0.1) is 0 Å². The van der Waals surface area contributed by atoms with Gasteiger partial charge in [-0.25, -0.2) is 0 Å². The van der Waals surface area contributed by atoms with E-state index in [1.165, 1.54) is 32.1 Å². The highest BCUT2D eigenvalue weighted by Gasteiger charge is 2.20. The van der Waals surface area contributed by atoms with Gasteiger partial charge >= 0.3 is 0 Å². The number of nitrogen functional groups attached to an aromatic ring is 1. The predicted octanol–water partition coefficient (Wildman–Crippen LogP) is 3.39. The standard InChI is InChI=1S/C14H20ClN3/c1-18(11-5-3-2-4-6-11)13-8-7-10(14(16)17)9-12(13)15/h7-9,11H,2-6H2,1H3,(H3,16,17). The van der Waals surface area contributed by atoms with Crippen LogP contribution in [0.25, 0.3) is 0 Å². The van der Waals surface area contributed by atoms with Crippen LogP contribution in [0.15, 0.2) is 18.2 Å². The molecule has 0 aromatic heterocycles. The van der Waals surface area contributed by atoms with E-state index in [9.17, 15) is 0 Å². The fraction of sp³-hybridized carbons (Fsp3) is 0.500. The molecule has 1 aromatic carbocycles. The Morgan fingerprint density at radius 2 is 2.00 bits per heavy atom. The smallest absolute Gasteiger partial charge is 0.122 e. The number of benzene rings is 1. The molecule has 98 valence electrons. The Bertz CT molecular complexity index is 439. The van der Waals surface area contributed by atoms with Crippen molar-refractivity contribution in [3.63, 3.8) is 0 Å². The minimum atomic E-state index is 0.0590. The second-order valence-electron chi connectivity index (χ2n) is 4.98. The van der Waals surface area contributed by atoms with Crippen LogP contribution in [0.1, 0.15) is 37.7 Å². The summed E-state index contributed by atoms with van der Waals surface area (Å²) in [6, 6.07) is 6.19. The molecule has 0 aliphatic heterocycles. The fourth-order valence-electron chi connectivity index (χ4n) is 2.63. The van der Waals surface area contributed by atoms with E-state index in [2.05, 4.69) is 11.9 Å². The van der Waals surface area contributed by atoms with Gasteiger partial charge in [-0.05, 0) is 31.0 Å². The van der Waals surface area contributed by atoms with Crippen molar-refractivity contribution in [2.24, 2.45) is 5.73 Å². The van der Waals surface area contributed by atoms with E-state index in [0.717, 1.165) is 5.69 Å². The summed E-state index contributed by atoms with van der Waals surface area (Å²) in [7, 11) is 2.10. The zero-order chi connectivity index (χ0) is 13.1. The molecule has 18 heavy (non-hydrogen) atoms. The van der Waals surface area contributed by atoms with Gasteiger partial charge in [-0.2, -0.15) is 0 Å². The third-order valence-corrected chi connectivity index (χ3v) is 4.06. The summed E-state index contributed by atoms with van der Waals surface area (Å²) in [5, 5.41) is 8.09. The largest absolute Gasteiger partial charge is 0.384 e. The molecule has 0 atom stereocenters. The molecule has 1 aromatic rings. The Morgan fingerprint density at radius 3 is 2.56 bits per heavy atom. The van der Waals surface area contributed by atoms with Gasteiger partial charge in [0, 0.05) is 18.7 Å². The fourth-order valence-corrected chi connectivity index (χ4v) is 2.94. The van der Waals surface area contributed by atoms with Gasteiger partial charge in [0.15, 0.2) is 0 Å². The summed E-state index contributed by atoms with van der Waals surface area (Å²) >= 11 is 6.29. The highest BCUT2D eigenvalue weighted by Crippen LogP contribution is 2.31. The number of hydrogen-bond acceptors (Lipinski definition) is 2. The maximum absolute atomic E-state index is 7.41. The molecule has 0 bridgehead atoms. The first-order valence-electron chi connectivity index (χ1n) is 6.46. The van der Waals surface area contributed by atoms with E-state index in [1.54, 1.807) is 6.07 Å². The van der Waals surface area contributed by atoms with E-state index in [0.29, 0.717) is 16.6 Å². The van der Waals surface area contributed by atoms with Crippen molar-refractivity contribution in [3.05, 3.63) is 28.8 Å². The van der Waals surface area contributed by atoms with Crippen LogP contribution >= 0.6 is 11.6 Å². The van der Waals surface area contributed by atoms with Gasteiger partial charge in [0.1, 0.15) is 5.84 Å². The first kappa shape index (κ1) is 13.2. The van der Waals surface area contributed by atoms with E-state index >= 15 is 0 Å². The second-order valence-corrected chi connectivity index (χ2v) is 5.39. The second kappa shape index (κ2) is 5.61. The lowest BCUT2D eigenvalue weighted by Crippen LogP contribution is -2.33. The summed E-state index contributed by atoms with van der Waals surface area (Å²) in [5.74, 6) is 0.0590. The molecule has 3 nitrogen and oxygen atoms in total. The topological polar surface area (TPSA) is 53.1 Å². The van der Waals surface area contributed by atoms with Crippen LogP contribution < -0.4 is 10.6 Å². The van der Waals surface area contributed by atoms with Crippen molar-refractivity contribution in [2.45, 2.75) is 38.1 Å². The maximum Gasteiger partial charge on any atom is 0.122 e. The van der Waals surface area contributed by atoms with Crippen molar-refractivity contribution < 1.29 is 0 Å². The summed E-state index contributed by atoms with van der Waals surface area (Å²) in [6.45, 7) is 0. The van der Waals surface area contributed by atoms with Crippen LogP contribution in [-0.4, -0.2) is 18.9 Å². The first-order chi connectivity index (χ1) is 8.59. The van der Waals surface area contributed by atoms with Crippen molar-refractivity contribution in [1.29, 1.82) is 5.41 Å². The SMILES string of the molecule is CN(c1ccc(C(=N)N)cc1Cl)C1CCCCC1. The third kappa shape index (κ3) is 2.78. The molecule has 2 rings (SSSR count). The number of anilines is 1. The van der Waals surface area contributed by atoms with Crippen LogP contribution in [-0.2, 0) is 0 Å². The van der Waals surface area contributed by atoms with Gasteiger partial charge in [0.2, 0.25) is 0 Å². The van der Waals surface area contributed by atoms with Gasteiger partial charge in [0.25, 0.3) is 0 Å². The molecule has 3 N–H and O–H groups in total. The maximum atomic E-state index is 7.41. The Labute approximate surface area is 113 Å². The normalized spacial score (nSPS) is 16.6. The van der Waals surface area contributed by atoms with Crippen LogP contribution in [0, 0.1) is 5.41 Å². The van der Waals surface area contributed by atoms with E-state index in [-0.39, 0.29) is 5.84 Å². The minimum Gasteiger partial charge on any atom is -0.384 e. The van der Waals surface area contributed by atoms with E-state index in [4.69, 9.17) is 22.7 Å². The van der Waals surface area contributed by atoms with Gasteiger partial charge < -0.3 is 10.6 Å². The number of halogens is 1. The average Bonchev–Trinajstić information content (AvgIpc) is 2.38. The van der Waals surface area contributed by atoms with Crippen LogP contribution in [0.2, 0.25) is 5.02 Å². The third-order valence-electron chi connectivity index (χ3n) is 3.76. The van der Waals surface area contributed by atoms with Crippen LogP contribution in [0.3, 0.4) is 0 Å². The predicted molar refractivity (Wildman–Crippen MR) is 77.7 cm³/mol. The Kier molecular flexibility index (Phi) is 4.12. The van der Waals surface area contributed by atoms with Crippen molar-refractivity contribution >= 4 is 23.1 Å². The Hall–Kier alpha value is -1.22. The Balaban J connectivity index is 2.19. The van der Waals surface area contributed by atoms with E-state index < -0.39 is 0 Å². The molecule has 1 fully saturated rings. The highest BCUT2D eigenvalue weighted by molar-refractivity contribution is 6.33. The number of nitrogens with two attached hydrogens (primary N) is 1. The van der Waals surface area contributed by atoms with Crippen molar-refractivity contribution in [2.75, 3.05) is 11.9 Å². The quantitative estimate of drug-likeness (QED) is 0.650. The first-order valence-corrected chi connectivity index (χ1v) is 6.84. The Morgan fingerprint density at radius 1 is 1.33 bits per heavy atom. The molecule has 0 heterocycles. The molecule has 0 unspecified atom stereocenters. The van der Waals surface area contributed by atoms with Gasteiger partial charge in [-0.3, -0.25) is 5.41 Å². The monoisotopic (exact) mass is 265 g/mol. The zero-order valence-electron chi connectivity index (χ0n) is 10.7. The molecule has 1 saturated carbocycles. The molecule has 1 aliphatic rings. The molecule has 0 amide bonds. The molecular formula is C14H20ClN3. The average molecular weight is 266 g/mol. The van der Waals surface area contributed by atoms with Crippen molar-refractivity contribution in [1.82, 2.24) is 0 Å². The lowest BCUT2D eigenvalue weighted by molar-refractivity contribution is 0.427. The summed E-state index contributed by atoms with van der Waals surface area (Å²) < 4.78 is 0. The zero-order valence-corrected chi connectivity index (χ0v) is 11.5. The summed E-state index contributed by atoms with van der Waals surface area (Å²) in [5.41, 5.74) is 7.18. The summed E-state index contributed by atoms with van der Waals surface area (Å²) in [6.07, 6.45) is 6.43. The van der Waals surface area contributed by atoms with Crippen LogP contribution in [0.5, 0.6) is 0 Å². The highest BCUT2D eigenvalue weighted by atomic mass is 35.5. The van der Waals surface area contributed by atoms with E-state index in [1.807, 2.05) is 12.1 Å². The lowest BCUT2D eigenvalue weighted by Gasteiger charge is -2.33. The molecule has 4 heteroatoms. The number of nitrogens with zero attached hydrogens (tertiary/aromatic N) is 1. The minimum absolute atomic E-state index is 0.0590. The summed E-state index contributed by atoms with van der Waals surface area (Å²) in [4.78, 5) is 2.27. The number of rotatable bonds is 3. The number of nitrogens with one attached hydrogen (secondary N) is 1. The van der Waals surface area contributed by atoms with Crippen LogP contribution in [0.4, 0.5) is 5.69 Å². The van der Waals surface area contributed by atoms with Gasteiger partial charge in [0.05, 0.1) is 10.7 Å². The van der Waals surface area contributed by atoms with Gasteiger partial charge in [-0.1, -0.05) is 30.9 Å². The molecule has 0 spiro atoms. The number of amidine groups is 1. The molecule has 0 saturated heterocycles. The lowest BCUT2D eigenvalue weighted by atomic mass is 9.94.